The summed E-state index contributed by atoms with van der Waals surface area (Å²) in [5.41, 5.74) is 0. The van der Waals surface area contributed by atoms with Crippen LogP contribution < -0.4 is 21.2 Å². The van der Waals surface area contributed by atoms with Gasteiger partial charge in [-0.2, -0.15) is 0 Å². The maximum atomic E-state index is 13.8. The molecule has 27 heavy (non-hydrogen) atoms. The van der Waals surface area contributed by atoms with Crippen LogP contribution in [0.2, 0.25) is 0 Å². The minimum Gasteiger partial charge on any atom is -0.309 e. The number of benzene rings is 3. The molecular formula is C22H20NO3P. The Morgan fingerprint density at radius 3 is 1.07 bits per heavy atom. The zero-order valence-corrected chi connectivity index (χ0v) is 15.6. The molecule has 0 aliphatic carbocycles. The second-order valence-corrected chi connectivity index (χ2v) is 8.86. The molecule has 0 aromatic heterocycles. The van der Waals surface area contributed by atoms with Crippen LogP contribution in [0.3, 0.4) is 0 Å². The van der Waals surface area contributed by atoms with Gasteiger partial charge in [0.05, 0.1) is 0 Å². The smallest absolute Gasteiger partial charge is 0.227 e. The van der Waals surface area contributed by atoms with Gasteiger partial charge < -0.3 is 4.57 Å². The Morgan fingerprint density at radius 2 is 0.852 bits per heavy atom. The fourth-order valence-corrected chi connectivity index (χ4v) is 5.54. The van der Waals surface area contributed by atoms with Crippen molar-refractivity contribution in [3.05, 3.63) is 91.0 Å². The molecule has 136 valence electrons. The third-order valence-electron chi connectivity index (χ3n) is 4.22. The van der Waals surface area contributed by atoms with Gasteiger partial charge in [-0.3, -0.25) is 14.9 Å². The van der Waals surface area contributed by atoms with Crippen molar-refractivity contribution in [2.75, 3.05) is 0 Å². The minimum atomic E-state index is -2.78. The lowest BCUT2D eigenvalue weighted by atomic mass is 10.4. The quantitative estimate of drug-likeness (QED) is 0.564. The summed E-state index contributed by atoms with van der Waals surface area (Å²) in [4.78, 5) is 20.2. The summed E-state index contributed by atoms with van der Waals surface area (Å²) >= 11 is 0. The van der Waals surface area contributed by atoms with Crippen molar-refractivity contribution in [1.82, 2.24) is 5.32 Å². The van der Waals surface area contributed by atoms with Crippen LogP contribution in [0, 0.1) is 0 Å². The summed E-state index contributed by atoms with van der Waals surface area (Å²) in [6.07, 6.45) is 0.748. The average molecular weight is 377 g/mol. The van der Waals surface area contributed by atoms with E-state index in [9.17, 15) is 14.2 Å². The molecule has 5 heteroatoms. The van der Waals surface area contributed by atoms with Crippen LogP contribution in [-0.4, -0.2) is 11.8 Å². The van der Waals surface area contributed by atoms with E-state index in [0.717, 1.165) is 15.9 Å². The molecule has 1 heterocycles. The Balaban J connectivity index is 0.000000253. The molecule has 4 nitrogen and oxygen atoms in total. The van der Waals surface area contributed by atoms with Crippen LogP contribution >= 0.6 is 7.14 Å². The molecule has 4 rings (SSSR count). The van der Waals surface area contributed by atoms with Crippen LogP contribution in [0.15, 0.2) is 91.0 Å². The minimum absolute atomic E-state index is 0.148. The number of hydrogen-bond acceptors (Lipinski definition) is 3. The Bertz CT molecular complexity index is 839. The first kappa shape index (κ1) is 18.8. The molecule has 0 atom stereocenters. The molecule has 3 aromatic carbocycles. The maximum absolute atomic E-state index is 13.8. The van der Waals surface area contributed by atoms with E-state index >= 15 is 0 Å². The Hall–Kier alpha value is -2.97. The summed E-state index contributed by atoms with van der Waals surface area (Å²) in [5, 5.41) is 4.76. The lowest BCUT2D eigenvalue weighted by Gasteiger charge is -2.19. The number of carbonyl (C=O) groups is 2. The molecule has 0 radical (unpaired) electrons. The number of hydrogen-bond donors (Lipinski definition) is 1. The molecule has 1 aliphatic heterocycles. The first-order chi connectivity index (χ1) is 13.1. The third kappa shape index (κ3) is 4.42. The summed E-state index contributed by atoms with van der Waals surface area (Å²) < 4.78 is 13.8. The summed E-state index contributed by atoms with van der Waals surface area (Å²) in [7, 11) is -2.78. The summed E-state index contributed by atoms with van der Waals surface area (Å²) in [6, 6.07) is 29.1. The average Bonchev–Trinajstić information content (AvgIpc) is 3.12. The van der Waals surface area contributed by atoms with Crippen LogP contribution in [-0.2, 0) is 14.2 Å². The molecule has 3 aromatic rings. The van der Waals surface area contributed by atoms with E-state index in [4.69, 9.17) is 0 Å². The first-order valence-electron chi connectivity index (χ1n) is 8.70. The van der Waals surface area contributed by atoms with E-state index in [1.165, 1.54) is 0 Å². The van der Waals surface area contributed by atoms with E-state index in [-0.39, 0.29) is 11.8 Å². The Kier molecular flexibility index (Phi) is 6.00. The van der Waals surface area contributed by atoms with Crippen molar-refractivity contribution >= 4 is 34.9 Å². The van der Waals surface area contributed by atoms with Gasteiger partial charge in [0.15, 0.2) is 7.14 Å². The molecular weight excluding hydrogens is 357 g/mol. The fourth-order valence-electron chi connectivity index (χ4n) is 2.87. The van der Waals surface area contributed by atoms with Crippen LogP contribution in [0.4, 0.5) is 0 Å². The topological polar surface area (TPSA) is 63.2 Å². The van der Waals surface area contributed by atoms with Crippen molar-refractivity contribution in [1.29, 1.82) is 0 Å². The van der Waals surface area contributed by atoms with Gasteiger partial charge in [-0.25, -0.2) is 0 Å². The normalized spacial score (nSPS) is 13.5. The van der Waals surface area contributed by atoms with E-state index in [0.29, 0.717) is 12.8 Å². The largest absolute Gasteiger partial charge is 0.309 e. The zero-order chi connectivity index (χ0) is 19.1. The lowest BCUT2D eigenvalue weighted by molar-refractivity contribution is -0.124. The lowest BCUT2D eigenvalue weighted by Crippen LogP contribution is -2.24. The van der Waals surface area contributed by atoms with Crippen molar-refractivity contribution in [2.24, 2.45) is 0 Å². The van der Waals surface area contributed by atoms with Gasteiger partial charge in [0.25, 0.3) is 0 Å². The van der Waals surface area contributed by atoms with Crippen LogP contribution in [0.25, 0.3) is 0 Å². The van der Waals surface area contributed by atoms with Crippen LogP contribution in [0.5, 0.6) is 0 Å². The molecule has 1 N–H and O–H groups in total. The Morgan fingerprint density at radius 1 is 0.556 bits per heavy atom. The third-order valence-corrected chi connectivity index (χ3v) is 7.29. The molecule has 0 saturated carbocycles. The van der Waals surface area contributed by atoms with Crippen molar-refractivity contribution in [3.8, 4) is 0 Å². The highest BCUT2D eigenvalue weighted by atomic mass is 31.2. The monoisotopic (exact) mass is 377 g/mol. The molecule has 1 fully saturated rings. The number of rotatable bonds is 3. The van der Waals surface area contributed by atoms with Crippen LogP contribution in [0.1, 0.15) is 12.8 Å². The van der Waals surface area contributed by atoms with Crippen molar-refractivity contribution in [2.45, 2.75) is 12.8 Å². The summed E-state index contributed by atoms with van der Waals surface area (Å²) in [5.74, 6) is -0.296. The van der Waals surface area contributed by atoms with Crippen molar-refractivity contribution in [3.63, 3.8) is 0 Å². The van der Waals surface area contributed by atoms with E-state index in [1.807, 2.05) is 91.0 Å². The number of nitrogens with one attached hydrogen (secondary N) is 1. The molecule has 1 aliphatic rings. The van der Waals surface area contributed by atoms with E-state index < -0.39 is 7.14 Å². The van der Waals surface area contributed by atoms with E-state index in [1.54, 1.807) is 0 Å². The van der Waals surface area contributed by atoms with Gasteiger partial charge in [-0.1, -0.05) is 91.0 Å². The highest BCUT2D eigenvalue weighted by Gasteiger charge is 2.28. The highest BCUT2D eigenvalue weighted by Crippen LogP contribution is 2.41. The predicted molar refractivity (Wildman–Crippen MR) is 108 cm³/mol. The maximum Gasteiger partial charge on any atom is 0.227 e. The van der Waals surface area contributed by atoms with Gasteiger partial charge in [0, 0.05) is 28.8 Å². The zero-order valence-electron chi connectivity index (χ0n) is 14.7. The van der Waals surface area contributed by atoms with Crippen molar-refractivity contribution < 1.29 is 14.2 Å². The SMILES string of the molecule is O=C1CCC(=O)N1.O=P(c1ccccc1)(c1ccccc1)c1ccccc1. The van der Waals surface area contributed by atoms with Gasteiger partial charge >= 0.3 is 0 Å². The molecule has 0 spiro atoms. The van der Waals surface area contributed by atoms with Gasteiger partial charge in [0.2, 0.25) is 11.8 Å². The summed E-state index contributed by atoms with van der Waals surface area (Å²) in [6.45, 7) is 0. The number of carbonyl (C=O) groups excluding carboxylic acids is 2. The fraction of sp³-hybridized carbons (Fsp3) is 0.0909. The van der Waals surface area contributed by atoms with Gasteiger partial charge in [-0.05, 0) is 0 Å². The predicted octanol–water partition coefficient (Wildman–Crippen LogP) is 2.75. The van der Waals surface area contributed by atoms with Gasteiger partial charge in [-0.15, -0.1) is 0 Å². The second kappa shape index (κ2) is 8.61. The number of imide groups is 1. The number of amides is 2. The Labute approximate surface area is 158 Å². The highest BCUT2D eigenvalue weighted by molar-refractivity contribution is 7.85. The molecule has 1 saturated heterocycles. The second-order valence-electron chi connectivity index (χ2n) is 6.09. The molecule has 2 amide bonds. The van der Waals surface area contributed by atoms with E-state index in [2.05, 4.69) is 5.32 Å². The molecule has 0 bridgehead atoms. The van der Waals surface area contributed by atoms with Gasteiger partial charge in [0.1, 0.15) is 0 Å². The standard InChI is InChI=1S/C18H15OP.C4H5NO2/c19-20(16-10-4-1-5-11-16,17-12-6-2-7-13-17)18-14-8-3-9-15-18;6-3-1-2-4(7)5-3/h1-15H;1-2H2,(H,5,6,7). The first-order valence-corrected chi connectivity index (χ1v) is 10.4. The molecule has 0 unspecified atom stereocenters.